The van der Waals surface area contributed by atoms with Gasteiger partial charge in [0.05, 0.1) is 12.7 Å². The van der Waals surface area contributed by atoms with Gasteiger partial charge in [-0.25, -0.2) is 4.98 Å². The number of aromatic nitrogens is 1. The van der Waals surface area contributed by atoms with E-state index in [1.54, 1.807) is 7.05 Å². The van der Waals surface area contributed by atoms with Crippen LogP contribution in [0.1, 0.15) is 25.8 Å². The lowest BCUT2D eigenvalue weighted by Crippen LogP contribution is -2.41. The van der Waals surface area contributed by atoms with Crippen molar-refractivity contribution in [3.63, 3.8) is 0 Å². The lowest BCUT2D eigenvalue weighted by Gasteiger charge is -2.32. The van der Waals surface area contributed by atoms with Crippen molar-refractivity contribution in [1.29, 1.82) is 0 Å². The molecule has 0 radical (unpaired) electrons. The van der Waals surface area contributed by atoms with Crippen molar-refractivity contribution in [3.05, 3.63) is 23.9 Å². The molecule has 1 unspecified atom stereocenters. The number of ether oxygens (including phenoxy) is 2. The predicted molar refractivity (Wildman–Crippen MR) is 117 cm³/mol. The van der Waals surface area contributed by atoms with Crippen molar-refractivity contribution in [2.75, 3.05) is 51.4 Å². The Morgan fingerprint density at radius 3 is 2.92 bits per heavy atom. The van der Waals surface area contributed by atoms with Crippen molar-refractivity contribution in [3.8, 4) is 0 Å². The third kappa shape index (κ3) is 8.05. The standard InChI is InChI=1S/C18H31N5O2.HI/c1-4-24-10-5-8-20-18(19-3)22-13-16-6-7-17(21-12-16)23-9-11-25-15(2)14-23;/h6-7,12,15H,4-5,8-11,13-14H2,1-3H3,(H2,19,20,22);1H. The first kappa shape index (κ1) is 22.9. The second-order valence-corrected chi connectivity index (χ2v) is 6.06. The van der Waals surface area contributed by atoms with E-state index < -0.39 is 0 Å². The summed E-state index contributed by atoms with van der Waals surface area (Å²) in [5.41, 5.74) is 1.13. The van der Waals surface area contributed by atoms with Gasteiger partial charge in [0.1, 0.15) is 5.82 Å². The molecule has 7 nitrogen and oxygen atoms in total. The molecule has 2 rings (SSSR count). The lowest BCUT2D eigenvalue weighted by atomic mass is 10.2. The Bertz CT molecular complexity index is 527. The molecule has 1 atom stereocenters. The molecule has 1 saturated heterocycles. The smallest absolute Gasteiger partial charge is 0.191 e. The summed E-state index contributed by atoms with van der Waals surface area (Å²) in [7, 11) is 1.78. The van der Waals surface area contributed by atoms with Crippen LogP contribution in [0.25, 0.3) is 0 Å². The van der Waals surface area contributed by atoms with E-state index in [4.69, 9.17) is 9.47 Å². The number of nitrogens with one attached hydrogen (secondary N) is 2. The van der Waals surface area contributed by atoms with Crippen LogP contribution in [-0.2, 0) is 16.0 Å². The van der Waals surface area contributed by atoms with E-state index in [1.165, 1.54) is 0 Å². The van der Waals surface area contributed by atoms with Gasteiger partial charge >= 0.3 is 0 Å². The second kappa shape index (κ2) is 13.1. The molecule has 1 aliphatic rings. The molecule has 0 amide bonds. The SMILES string of the molecule is CCOCCCNC(=NC)NCc1ccc(N2CCOC(C)C2)nc1.I. The molecule has 0 aliphatic carbocycles. The van der Waals surface area contributed by atoms with E-state index in [-0.39, 0.29) is 30.1 Å². The highest BCUT2D eigenvalue weighted by molar-refractivity contribution is 14.0. The zero-order valence-corrected chi connectivity index (χ0v) is 18.4. The third-order valence-corrected chi connectivity index (χ3v) is 4.02. The normalized spacial score (nSPS) is 17.6. The van der Waals surface area contributed by atoms with E-state index in [0.717, 1.165) is 63.2 Å². The van der Waals surface area contributed by atoms with Crippen LogP contribution in [0.3, 0.4) is 0 Å². The Balaban J connectivity index is 0.00000338. The highest BCUT2D eigenvalue weighted by Crippen LogP contribution is 2.15. The number of pyridine rings is 1. The van der Waals surface area contributed by atoms with Gasteiger partial charge in [-0.1, -0.05) is 6.07 Å². The zero-order valence-electron chi connectivity index (χ0n) is 16.0. The predicted octanol–water partition coefficient (Wildman–Crippen LogP) is 2.02. The number of rotatable bonds is 8. The highest BCUT2D eigenvalue weighted by Gasteiger charge is 2.17. The van der Waals surface area contributed by atoms with Gasteiger partial charge < -0.3 is 25.0 Å². The number of guanidine groups is 1. The Labute approximate surface area is 174 Å². The number of hydrogen-bond donors (Lipinski definition) is 2. The number of halogens is 1. The molecule has 1 fully saturated rings. The summed E-state index contributed by atoms with van der Waals surface area (Å²) in [6, 6.07) is 4.19. The summed E-state index contributed by atoms with van der Waals surface area (Å²) in [4.78, 5) is 11.1. The van der Waals surface area contributed by atoms with E-state index in [2.05, 4.69) is 44.6 Å². The number of hydrogen-bond acceptors (Lipinski definition) is 5. The fraction of sp³-hybridized carbons (Fsp3) is 0.667. The monoisotopic (exact) mass is 477 g/mol. The van der Waals surface area contributed by atoms with Gasteiger partial charge in [-0.05, 0) is 31.9 Å². The van der Waals surface area contributed by atoms with Gasteiger partial charge in [-0.3, -0.25) is 4.99 Å². The Hall–Kier alpha value is -1.13. The van der Waals surface area contributed by atoms with Crippen LogP contribution in [0.5, 0.6) is 0 Å². The van der Waals surface area contributed by atoms with E-state index >= 15 is 0 Å². The van der Waals surface area contributed by atoms with Crippen molar-refractivity contribution >= 4 is 35.8 Å². The Morgan fingerprint density at radius 2 is 2.27 bits per heavy atom. The van der Waals surface area contributed by atoms with Gasteiger partial charge in [0.15, 0.2) is 5.96 Å². The molecule has 148 valence electrons. The van der Waals surface area contributed by atoms with Gasteiger partial charge in [-0.15, -0.1) is 24.0 Å². The first-order chi connectivity index (χ1) is 12.2. The average molecular weight is 477 g/mol. The van der Waals surface area contributed by atoms with Crippen LogP contribution in [0, 0.1) is 0 Å². The number of morpholine rings is 1. The molecule has 2 N–H and O–H groups in total. The zero-order chi connectivity index (χ0) is 17.9. The lowest BCUT2D eigenvalue weighted by molar-refractivity contribution is 0.0529. The number of nitrogens with zero attached hydrogens (tertiary/aromatic N) is 3. The van der Waals surface area contributed by atoms with Crippen LogP contribution >= 0.6 is 24.0 Å². The minimum atomic E-state index is 0. The molecular formula is C18H32IN5O2. The van der Waals surface area contributed by atoms with E-state index in [9.17, 15) is 0 Å². The van der Waals surface area contributed by atoms with E-state index in [1.807, 2.05) is 13.1 Å². The van der Waals surface area contributed by atoms with Crippen molar-refractivity contribution in [2.45, 2.75) is 32.9 Å². The maximum absolute atomic E-state index is 5.58. The molecule has 0 saturated carbocycles. The van der Waals surface area contributed by atoms with Crippen molar-refractivity contribution in [2.24, 2.45) is 4.99 Å². The van der Waals surface area contributed by atoms with Gasteiger partial charge in [0.2, 0.25) is 0 Å². The molecule has 0 spiro atoms. The molecule has 1 aromatic rings. The molecule has 1 aromatic heterocycles. The second-order valence-electron chi connectivity index (χ2n) is 6.06. The summed E-state index contributed by atoms with van der Waals surface area (Å²) in [6.07, 6.45) is 3.14. The molecule has 26 heavy (non-hydrogen) atoms. The van der Waals surface area contributed by atoms with Crippen molar-refractivity contribution in [1.82, 2.24) is 15.6 Å². The van der Waals surface area contributed by atoms with Crippen molar-refractivity contribution < 1.29 is 9.47 Å². The summed E-state index contributed by atoms with van der Waals surface area (Å²) >= 11 is 0. The highest BCUT2D eigenvalue weighted by atomic mass is 127. The minimum absolute atomic E-state index is 0. The summed E-state index contributed by atoms with van der Waals surface area (Å²) in [5, 5.41) is 6.59. The van der Waals surface area contributed by atoms with Crippen LogP contribution in [0.2, 0.25) is 0 Å². The van der Waals surface area contributed by atoms with Crippen LogP contribution in [0.4, 0.5) is 5.82 Å². The quantitative estimate of drug-likeness (QED) is 0.259. The average Bonchev–Trinajstić information content (AvgIpc) is 2.64. The molecule has 0 bridgehead atoms. The summed E-state index contributed by atoms with van der Waals surface area (Å²) in [5.74, 6) is 1.81. The summed E-state index contributed by atoms with van der Waals surface area (Å²) < 4.78 is 10.9. The molecule has 1 aliphatic heterocycles. The maximum atomic E-state index is 5.58. The molecule has 2 heterocycles. The molecule has 0 aromatic carbocycles. The Kier molecular flexibility index (Phi) is 11.5. The molecule has 8 heteroatoms. The van der Waals surface area contributed by atoms with Gasteiger partial charge in [0, 0.05) is 52.6 Å². The summed E-state index contributed by atoms with van der Waals surface area (Å²) in [6.45, 7) is 9.72. The number of anilines is 1. The van der Waals surface area contributed by atoms with Crippen LogP contribution < -0.4 is 15.5 Å². The minimum Gasteiger partial charge on any atom is -0.382 e. The third-order valence-electron chi connectivity index (χ3n) is 4.02. The Morgan fingerprint density at radius 1 is 1.42 bits per heavy atom. The fourth-order valence-electron chi connectivity index (χ4n) is 2.67. The van der Waals surface area contributed by atoms with E-state index in [0.29, 0.717) is 6.54 Å². The fourth-order valence-corrected chi connectivity index (χ4v) is 2.67. The van der Waals surface area contributed by atoms with Crippen LogP contribution in [-0.4, -0.2) is 63.6 Å². The first-order valence-corrected chi connectivity index (χ1v) is 9.06. The number of aliphatic imine (C=N–C) groups is 1. The van der Waals surface area contributed by atoms with Gasteiger partial charge in [-0.2, -0.15) is 0 Å². The maximum Gasteiger partial charge on any atom is 0.191 e. The topological polar surface area (TPSA) is 71.0 Å². The van der Waals surface area contributed by atoms with Crippen LogP contribution in [0.15, 0.2) is 23.3 Å². The largest absolute Gasteiger partial charge is 0.382 e. The first-order valence-electron chi connectivity index (χ1n) is 9.06. The van der Waals surface area contributed by atoms with Gasteiger partial charge in [0.25, 0.3) is 0 Å². The molecular weight excluding hydrogens is 445 g/mol.